The van der Waals surface area contributed by atoms with Crippen LogP contribution in [0.4, 0.5) is 5.69 Å². The summed E-state index contributed by atoms with van der Waals surface area (Å²) in [6, 6.07) is 7.37. The Morgan fingerprint density at radius 1 is 1.48 bits per heavy atom. The number of aromatic nitrogens is 2. The summed E-state index contributed by atoms with van der Waals surface area (Å²) in [5.74, 6) is 5.71. The highest BCUT2D eigenvalue weighted by molar-refractivity contribution is 5.91. The van der Waals surface area contributed by atoms with E-state index in [1.165, 1.54) is 0 Å². The maximum absolute atomic E-state index is 11.9. The summed E-state index contributed by atoms with van der Waals surface area (Å²) in [6.07, 6.45) is 3.84. The van der Waals surface area contributed by atoms with Crippen molar-refractivity contribution in [2.24, 2.45) is 0 Å². The lowest BCUT2D eigenvalue weighted by Crippen LogP contribution is -2.19. The molecule has 0 saturated heterocycles. The smallest absolute Gasteiger partial charge is 0.246 e. The lowest BCUT2D eigenvalue weighted by molar-refractivity contribution is -0.116. The second-order valence-corrected chi connectivity index (χ2v) is 4.56. The Balaban J connectivity index is 2.01. The molecule has 0 spiro atoms. The lowest BCUT2D eigenvalue weighted by atomic mass is 10.1. The van der Waals surface area contributed by atoms with Crippen LogP contribution in [0.3, 0.4) is 0 Å². The molecule has 1 aromatic carbocycles. The molecule has 1 amide bonds. The Labute approximate surface area is 123 Å². The van der Waals surface area contributed by atoms with Crippen LogP contribution in [0.15, 0.2) is 36.7 Å². The van der Waals surface area contributed by atoms with Gasteiger partial charge in [0.15, 0.2) is 0 Å². The van der Waals surface area contributed by atoms with E-state index in [0.717, 1.165) is 16.8 Å². The molecular formula is C16H17N3O2. The second kappa shape index (κ2) is 7.27. The third-order valence-electron chi connectivity index (χ3n) is 2.83. The number of anilines is 1. The number of nitrogens with one attached hydrogen (secondary N) is 1. The molecule has 0 saturated carbocycles. The number of hydrogen-bond acceptors (Lipinski definition) is 3. The number of aliphatic hydroxyl groups excluding tert-OH is 1. The van der Waals surface area contributed by atoms with Crippen molar-refractivity contribution < 1.29 is 9.90 Å². The Hall–Kier alpha value is -2.58. The summed E-state index contributed by atoms with van der Waals surface area (Å²) in [4.78, 5) is 11.9. The number of carbonyl (C=O) groups excluding carboxylic acids is 1. The van der Waals surface area contributed by atoms with E-state index in [0.29, 0.717) is 6.42 Å². The zero-order chi connectivity index (χ0) is 15.1. The number of carbonyl (C=O) groups is 1. The molecule has 1 heterocycles. The highest BCUT2D eigenvalue weighted by Gasteiger charge is 2.06. The molecule has 0 aliphatic heterocycles. The van der Waals surface area contributed by atoms with Crippen LogP contribution in [-0.4, -0.2) is 27.4 Å². The second-order valence-electron chi connectivity index (χ2n) is 4.56. The summed E-state index contributed by atoms with van der Waals surface area (Å²) in [6.45, 7) is 2.17. The average molecular weight is 283 g/mol. The minimum atomic E-state index is -0.124. The molecular weight excluding hydrogens is 266 g/mol. The number of benzene rings is 1. The van der Waals surface area contributed by atoms with E-state index in [-0.39, 0.29) is 19.1 Å². The molecule has 21 heavy (non-hydrogen) atoms. The SMILES string of the molecule is Cc1cc(C#CCCO)ccc1NC(=O)Cn1cccn1. The van der Waals surface area contributed by atoms with Gasteiger partial charge < -0.3 is 10.4 Å². The van der Waals surface area contributed by atoms with Crippen molar-refractivity contribution in [3.63, 3.8) is 0 Å². The van der Waals surface area contributed by atoms with Crippen LogP contribution in [0, 0.1) is 18.8 Å². The predicted octanol–water partition coefficient (Wildman–Crippen LogP) is 1.56. The average Bonchev–Trinajstić information content (AvgIpc) is 2.95. The lowest BCUT2D eigenvalue weighted by Gasteiger charge is -2.09. The maximum atomic E-state index is 11.9. The summed E-state index contributed by atoms with van der Waals surface area (Å²) in [7, 11) is 0. The number of nitrogens with zero attached hydrogens (tertiary/aromatic N) is 2. The van der Waals surface area contributed by atoms with Gasteiger partial charge in [0.1, 0.15) is 6.54 Å². The first-order valence-corrected chi connectivity index (χ1v) is 6.66. The molecule has 5 nitrogen and oxygen atoms in total. The largest absolute Gasteiger partial charge is 0.395 e. The van der Waals surface area contributed by atoms with Gasteiger partial charge in [-0.1, -0.05) is 11.8 Å². The highest BCUT2D eigenvalue weighted by atomic mass is 16.2. The monoisotopic (exact) mass is 283 g/mol. The predicted molar refractivity (Wildman–Crippen MR) is 80.6 cm³/mol. The first-order chi connectivity index (χ1) is 10.2. The molecule has 0 atom stereocenters. The quantitative estimate of drug-likeness (QED) is 0.837. The van der Waals surface area contributed by atoms with E-state index in [2.05, 4.69) is 22.3 Å². The van der Waals surface area contributed by atoms with Gasteiger partial charge in [0.2, 0.25) is 5.91 Å². The Morgan fingerprint density at radius 2 is 2.33 bits per heavy atom. The van der Waals surface area contributed by atoms with Gasteiger partial charge in [-0.2, -0.15) is 5.10 Å². The molecule has 0 unspecified atom stereocenters. The number of aryl methyl sites for hydroxylation is 1. The van der Waals surface area contributed by atoms with Crippen LogP contribution in [0.1, 0.15) is 17.5 Å². The molecule has 2 aromatic rings. The molecule has 0 radical (unpaired) electrons. The maximum Gasteiger partial charge on any atom is 0.246 e. The summed E-state index contributed by atoms with van der Waals surface area (Å²) >= 11 is 0. The third kappa shape index (κ3) is 4.48. The van der Waals surface area contributed by atoms with Crippen molar-refractivity contribution in [1.82, 2.24) is 9.78 Å². The Kier molecular flexibility index (Phi) is 5.13. The van der Waals surface area contributed by atoms with E-state index in [1.54, 1.807) is 23.1 Å². The van der Waals surface area contributed by atoms with Crippen molar-refractivity contribution in [2.75, 3.05) is 11.9 Å². The Morgan fingerprint density at radius 3 is 3.00 bits per heavy atom. The van der Waals surface area contributed by atoms with Gasteiger partial charge in [-0.15, -0.1) is 0 Å². The zero-order valence-corrected chi connectivity index (χ0v) is 11.8. The van der Waals surface area contributed by atoms with Gasteiger partial charge in [-0.25, -0.2) is 0 Å². The van der Waals surface area contributed by atoms with Crippen LogP contribution >= 0.6 is 0 Å². The minimum absolute atomic E-state index is 0.0630. The van der Waals surface area contributed by atoms with Gasteiger partial charge in [0.05, 0.1) is 6.61 Å². The normalized spacial score (nSPS) is 9.81. The van der Waals surface area contributed by atoms with E-state index < -0.39 is 0 Å². The van der Waals surface area contributed by atoms with Crippen LogP contribution in [0.5, 0.6) is 0 Å². The molecule has 0 bridgehead atoms. The first kappa shape index (κ1) is 14.8. The van der Waals surface area contributed by atoms with Crippen molar-refractivity contribution >= 4 is 11.6 Å². The summed E-state index contributed by atoms with van der Waals surface area (Å²) in [5.41, 5.74) is 2.57. The molecule has 2 rings (SSSR count). The van der Waals surface area contributed by atoms with E-state index in [1.807, 2.05) is 25.1 Å². The summed E-state index contributed by atoms with van der Waals surface area (Å²) < 4.78 is 1.57. The van der Waals surface area contributed by atoms with Crippen LogP contribution in [0.2, 0.25) is 0 Å². The topological polar surface area (TPSA) is 67.2 Å². The zero-order valence-electron chi connectivity index (χ0n) is 11.8. The van der Waals surface area contributed by atoms with E-state index in [9.17, 15) is 4.79 Å². The molecule has 0 fully saturated rings. The van der Waals surface area contributed by atoms with Crippen molar-refractivity contribution in [1.29, 1.82) is 0 Å². The number of hydrogen-bond donors (Lipinski definition) is 2. The molecule has 0 aliphatic rings. The van der Waals surface area contributed by atoms with Gasteiger partial charge in [0.25, 0.3) is 0 Å². The highest BCUT2D eigenvalue weighted by Crippen LogP contribution is 2.16. The van der Waals surface area contributed by atoms with Crippen LogP contribution in [-0.2, 0) is 11.3 Å². The Bertz CT molecular complexity index is 667. The molecule has 0 aliphatic carbocycles. The number of amides is 1. The number of aliphatic hydroxyl groups is 1. The minimum Gasteiger partial charge on any atom is -0.395 e. The third-order valence-corrected chi connectivity index (χ3v) is 2.83. The fraction of sp³-hybridized carbons (Fsp3) is 0.250. The van der Waals surface area contributed by atoms with Gasteiger partial charge in [-0.3, -0.25) is 9.48 Å². The number of rotatable bonds is 4. The van der Waals surface area contributed by atoms with Crippen molar-refractivity contribution in [3.05, 3.63) is 47.8 Å². The van der Waals surface area contributed by atoms with Gasteiger partial charge >= 0.3 is 0 Å². The fourth-order valence-electron chi connectivity index (χ4n) is 1.83. The first-order valence-electron chi connectivity index (χ1n) is 6.66. The fourth-order valence-corrected chi connectivity index (χ4v) is 1.83. The van der Waals surface area contributed by atoms with Crippen LogP contribution in [0.25, 0.3) is 0 Å². The van der Waals surface area contributed by atoms with E-state index in [4.69, 9.17) is 5.11 Å². The standard InChI is InChI=1S/C16H17N3O2/c1-13-11-14(5-2-3-10-20)6-7-15(13)18-16(21)12-19-9-4-8-17-19/h4,6-9,11,20H,3,10,12H2,1H3,(H,18,21). The van der Waals surface area contributed by atoms with Crippen molar-refractivity contribution in [2.45, 2.75) is 19.9 Å². The molecule has 5 heteroatoms. The molecule has 108 valence electrons. The molecule has 2 N–H and O–H groups in total. The molecule has 1 aromatic heterocycles. The van der Waals surface area contributed by atoms with Gasteiger partial charge in [-0.05, 0) is 36.8 Å². The van der Waals surface area contributed by atoms with E-state index >= 15 is 0 Å². The van der Waals surface area contributed by atoms with Gasteiger partial charge in [0, 0.05) is 30.1 Å². The van der Waals surface area contributed by atoms with Crippen LogP contribution < -0.4 is 5.32 Å². The summed E-state index contributed by atoms with van der Waals surface area (Å²) in [5, 5.41) is 15.5. The van der Waals surface area contributed by atoms with Crippen molar-refractivity contribution in [3.8, 4) is 11.8 Å².